The second-order valence-corrected chi connectivity index (χ2v) is 8.48. The first-order valence-corrected chi connectivity index (χ1v) is 10.9. The van der Waals surface area contributed by atoms with Crippen LogP contribution in [0.15, 0.2) is 52.0 Å². The van der Waals surface area contributed by atoms with Crippen LogP contribution in [-0.2, 0) is 6.42 Å². The van der Waals surface area contributed by atoms with Crippen LogP contribution in [0.25, 0.3) is 0 Å². The van der Waals surface area contributed by atoms with Gasteiger partial charge in [-0.1, -0.05) is 35.3 Å². The van der Waals surface area contributed by atoms with Gasteiger partial charge in [-0.15, -0.1) is 0 Å². The summed E-state index contributed by atoms with van der Waals surface area (Å²) in [7, 11) is 0. The monoisotopic (exact) mass is 469 g/mol. The zero-order chi connectivity index (χ0) is 22.8. The van der Waals surface area contributed by atoms with Crippen LogP contribution < -0.4 is 10.7 Å². The Balaban J connectivity index is 1.57. The van der Waals surface area contributed by atoms with Gasteiger partial charge in [0.15, 0.2) is 5.76 Å². The molecule has 0 aliphatic heterocycles. The highest BCUT2D eigenvalue weighted by Gasteiger charge is 2.28. The van der Waals surface area contributed by atoms with E-state index in [0.717, 1.165) is 17.5 Å². The van der Waals surface area contributed by atoms with Crippen molar-refractivity contribution in [1.82, 2.24) is 5.43 Å². The van der Waals surface area contributed by atoms with Gasteiger partial charge in [0.25, 0.3) is 11.8 Å². The third-order valence-electron chi connectivity index (χ3n) is 5.34. The average molecular weight is 470 g/mol. The molecule has 0 saturated heterocycles. The molecule has 164 valence electrons. The molecule has 2 amide bonds. The van der Waals surface area contributed by atoms with Gasteiger partial charge in [0, 0.05) is 38.8 Å². The SMILES string of the molecule is Cc1ccc(NC(=O)c2oc3c(c2C)/C(=N/NC(=O)c2cccc(Cl)c2)CCC3)cc1Cl. The van der Waals surface area contributed by atoms with Crippen molar-refractivity contribution in [2.75, 3.05) is 5.32 Å². The predicted octanol–water partition coefficient (Wildman–Crippen LogP) is 5.93. The largest absolute Gasteiger partial charge is 0.455 e. The summed E-state index contributed by atoms with van der Waals surface area (Å²) >= 11 is 12.1. The molecule has 8 heteroatoms. The van der Waals surface area contributed by atoms with Crippen LogP contribution in [0.2, 0.25) is 10.0 Å². The predicted molar refractivity (Wildman–Crippen MR) is 126 cm³/mol. The second-order valence-electron chi connectivity index (χ2n) is 7.64. The zero-order valence-electron chi connectivity index (χ0n) is 17.6. The van der Waals surface area contributed by atoms with Crippen LogP contribution >= 0.6 is 23.2 Å². The molecule has 0 fully saturated rings. The third-order valence-corrected chi connectivity index (χ3v) is 5.98. The first-order valence-electron chi connectivity index (χ1n) is 10.2. The number of rotatable bonds is 4. The van der Waals surface area contributed by atoms with Crippen molar-refractivity contribution < 1.29 is 14.0 Å². The number of hydrogen-bond acceptors (Lipinski definition) is 4. The molecule has 4 rings (SSSR count). The molecule has 3 aromatic rings. The Morgan fingerprint density at radius 1 is 1.03 bits per heavy atom. The number of nitrogens with zero attached hydrogens (tertiary/aromatic N) is 1. The minimum Gasteiger partial charge on any atom is -0.455 e. The van der Waals surface area contributed by atoms with E-state index in [4.69, 9.17) is 27.6 Å². The van der Waals surface area contributed by atoms with Gasteiger partial charge >= 0.3 is 0 Å². The van der Waals surface area contributed by atoms with E-state index in [1.807, 2.05) is 19.9 Å². The van der Waals surface area contributed by atoms with Crippen LogP contribution in [0, 0.1) is 13.8 Å². The topological polar surface area (TPSA) is 83.7 Å². The fraction of sp³-hybridized carbons (Fsp3) is 0.208. The molecule has 6 nitrogen and oxygen atoms in total. The van der Waals surface area contributed by atoms with Crippen LogP contribution in [-0.4, -0.2) is 17.5 Å². The lowest BCUT2D eigenvalue weighted by Crippen LogP contribution is -2.22. The molecular formula is C24H21Cl2N3O3. The van der Waals surface area contributed by atoms with Crippen LogP contribution in [0.5, 0.6) is 0 Å². The Labute approximate surface area is 195 Å². The number of nitrogens with one attached hydrogen (secondary N) is 2. The van der Waals surface area contributed by atoms with Crippen molar-refractivity contribution in [2.24, 2.45) is 5.10 Å². The van der Waals surface area contributed by atoms with E-state index in [2.05, 4.69) is 15.8 Å². The highest BCUT2D eigenvalue weighted by Crippen LogP contribution is 2.30. The van der Waals surface area contributed by atoms with Crippen molar-refractivity contribution in [3.05, 3.63) is 86.3 Å². The Bertz CT molecular complexity index is 1250. The summed E-state index contributed by atoms with van der Waals surface area (Å²) in [4.78, 5) is 25.3. The first-order chi connectivity index (χ1) is 15.3. The number of hydrazone groups is 1. The van der Waals surface area contributed by atoms with Gasteiger partial charge in [-0.2, -0.15) is 5.10 Å². The molecule has 0 saturated carbocycles. The molecule has 0 bridgehead atoms. The Morgan fingerprint density at radius 2 is 1.84 bits per heavy atom. The smallest absolute Gasteiger partial charge is 0.291 e. The fourth-order valence-corrected chi connectivity index (χ4v) is 4.04. The number of furan rings is 1. The molecule has 32 heavy (non-hydrogen) atoms. The number of benzene rings is 2. The summed E-state index contributed by atoms with van der Waals surface area (Å²) in [6.07, 6.45) is 2.17. The van der Waals surface area contributed by atoms with Gasteiger partial charge in [0.1, 0.15) is 5.76 Å². The van der Waals surface area contributed by atoms with E-state index >= 15 is 0 Å². The third kappa shape index (κ3) is 4.56. The summed E-state index contributed by atoms with van der Waals surface area (Å²) in [5.41, 5.74) is 6.65. The van der Waals surface area contributed by atoms with Crippen LogP contribution in [0.3, 0.4) is 0 Å². The Kier molecular flexibility index (Phi) is 6.35. The highest BCUT2D eigenvalue weighted by atomic mass is 35.5. The highest BCUT2D eigenvalue weighted by molar-refractivity contribution is 6.31. The van der Waals surface area contributed by atoms with Crippen molar-refractivity contribution in [1.29, 1.82) is 0 Å². The van der Waals surface area contributed by atoms with Gasteiger partial charge in [-0.05, 0) is 62.6 Å². The molecular weight excluding hydrogens is 449 g/mol. The number of anilines is 1. The summed E-state index contributed by atoms with van der Waals surface area (Å²) in [5, 5.41) is 8.21. The lowest BCUT2D eigenvalue weighted by atomic mass is 9.93. The quantitative estimate of drug-likeness (QED) is 0.464. The Hall–Kier alpha value is -3.09. The molecule has 0 unspecified atom stereocenters. The standard InChI is InChI=1S/C24H21Cl2N3O3/c1-13-9-10-17(12-18(13)26)27-24(31)22-14(2)21-19(7-4-8-20(21)32-22)28-29-23(30)15-5-3-6-16(25)11-15/h3,5-6,9-12H,4,7-8H2,1-2H3,(H,27,31)(H,29,30)/b28-19+. The van der Waals surface area contributed by atoms with Crippen molar-refractivity contribution in [2.45, 2.75) is 33.1 Å². The zero-order valence-corrected chi connectivity index (χ0v) is 19.1. The molecule has 0 atom stereocenters. The molecule has 1 aromatic heterocycles. The lowest BCUT2D eigenvalue weighted by molar-refractivity contribution is 0.0953. The van der Waals surface area contributed by atoms with Crippen LogP contribution in [0.4, 0.5) is 5.69 Å². The van der Waals surface area contributed by atoms with E-state index < -0.39 is 0 Å². The van der Waals surface area contributed by atoms with Gasteiger partial charge in [0.05, 0.1) is 5.71 Å². The molecule has 1 aliphatic carbocycles. The van der Waals surface area contributed by atoms with Gasteiger partial charge < -0.3 is 9.73 Å². The number of aryl methyl sites for hydroxylation is 2. The maximum absolute atomic E-state index is 12.9. The fourth-order valence-electron chi connectivity index (χ4n) is 3.67. The average Bonchev–Trinajstić information content (AvgIpc) is 3.12. The first kappa shape index (κ1) is 22.1. The minimum atomic E-state index is -0.362. The lowest BCUT2D eigenvalue weighted by Gasteiger charge is -2.13. The second kappa shape index (κ2) is 9.18. The van der Waals surface area contributed by atoms with E-state index in [1.165, 1.54) is 0 Å². The van der Waals surface area contributed by atoms with Crippen molar-refractivity contribution in [3.63, 3.8) is 0 Å². The Morgan fingerprint density at radius 3 is 2.59 bits per heavy atom. The molecule has 2 aromatic carbocycles. The normalized spacial score (nSPS) is 14.2. The number of carbonyl (C=O) groups excluding carboxylic acids is 2. The van der Waals surface area contributed by atoms with Gasteiger partial charge in [-0.25, -0.2) is 5.43 Å². The van der Waals surface area contributed by atoms with E-state index in [0.29, 0.717) is 51.2 Å². The molecule has 1 heterocycles. The van der Waals surface area contributed by atoms with E-state index in [9.17, 15) is 9.59 Å². The number of amides is 2. The van der Waals surface area contributed by atoms with E-state index in [-0.39, 0.29) is 17.6 Å². The number of hydrogen-bond donors (Lipinski definition) is 2. The maximum Gasteiger partial charge on any atom is 0.291 e. The number of halogens is 2. The molecule has 0 radical (unpaired) electrons. The molecule has 1 aliphatic rings. The summed E-state index contributed by atoms with van der Waals surface area (Å²) in [6.45, 7) is 3.71. The van der Waals surface area contributed by atoms with Crippen LogP contribution in [0.1, 0.15) is 56.2 Å². The number of fused-ring (bicyclic) bond motifs is 1. The summed E-state index contributed by atoms with van der Waals surface area (Å²) < 4.78 is 5.91. The maximum atomic E-state index is 12.9. The van der Waals surface area contributed by atoms with Crippen molar-refractivity contribution in [3.8, 4) is 0 Å². The molecule has 2 N–H and O–H groups in total. The van der Waals surface area contributed by atoms with Gasteiger partial charge in [0.2, 0.25) is 0 Å². The van der Waals surface area contributed by atoms with Crippen molar-refractivity contribution >= 4 is 46.4 Å². The summed E-state index contributed by atoms with van der Waals surface area (Å²) in [6, 6.07) is 12.0. The number of carbonyl (C=O) groups is 2. The molecule has 0 spiro atoms. The minimum absolute atomic E-state index is 0.225. The summed E-state index contributed by atoms with van der Waals surface area (Å²) in [5.74, 6) is 0.195. The van der Waals surface area contributed by atoms with Gasteiger partial charge in [-0.3, -0.25) is 9.59 Å². The van der Waals surface area contributed by atoms with E-state index in [1.54, 1.807) is 36.4 Å².